The molecule has 1 heterocycles. The second-order valence-corrected chi connectivity index (χ2v) is 3.54. The lowest BCUT2D eigenvalue weighted by Crippen LogP contribution is -2.15. The van der Waals surface area contributed by atoms with Crippen LogP contribution < -0.4 is 5.32 Å². The number of rotatable bonds is 3. The number of carboxylic acids is 1. The molecule has 1 aromatic carbocycles. The normalized spacial score (nSPS) is 9.95. The molecule has 0 aliphatic heterocycles. The number of hydrogen-bond acceptors (Lipinski definition) is 4. The van der Waals surface area contributed by atoms with Gasteiger partial charge in [0.1, 0.15) is 11.5 Å². The van der Waals surface area contributed by atoms with Crippen LogP contribution in [0.2, 0.25) is 0 Å². The van der Waals surface area contributed by atoms with Crippen molar-refractivity contribution in [2.24, 2.45) is 0 Å². The Morgan fingerprint density at radius 2 is 2.05 bits per heavy atom. The molecule has 0 radical (unpaired) electrons. The second kappa shape index (κ2) is 5.21. The second-order valence-electron chi connectivity index (χ2n) is 3.54. The molecule has 0 bridgehead atoms. The first-order valence-electron chi connectivity index (χ1n) is 5.18. The van der Waals surface area contributed by atoms with Crippen LogP contribution in [-0.4, -0.2) is 27.0 Å². The van der Waals surface area contributed by atoms with E-state index in [2.05, 4.69) is 15.3 Å². The smallest absolute Gasteiger partial charge is 0.335 e. The van der Waals surface area contributed by atoms with E-state index < -0.39 is 17.7 Å². The van der Waals surface area contributed by atoms with Gasteiger partial charge < -0.3 is 10.4 Å². The van der Waals surface area contributed by atoms with Crippen LogP contribution in [0.4, 0.5) is 10.1 Å². The number of anilines is 1. The van der Waals surface area contributed by atoms with Gasteiger partial charge in [0.05, 0.1) is 17.4 Å². The summed E-state index contributed by atoms with van der Waals surface area (Å²) in [5.74, 6) is -2.62. The van der Waals surface area contributed by atoms with Crippen molar-refractivity contribution >= 4 is 17.6 Å². The highest BCUT2D eigenvalue weighted by Crippen LogP contribution is 2.16. The Labute approximate surface area is 106 Å². The van der Waals surface area contributed by atoms with Crippen LogP contribution in [0.3, 0.4) is 0 Å². The number of carboxylic acid groups (broad SMARTS) is 1. The third-order valence-corrected chi connectivity index (χ3v) is 2.26. The minimum atomic E-state index is -1.21. The first-order valence-corrected chi connectivity index (χ1v) is 5.18. The molecule has 2 N–H and O–H groups in total. The van der Waals surface area contributed by atoms with E-state index in [1.54, 1.807) is 0 Å². The number of benzene rings is 1. The number of aromatic carboxylic acids is 1. The van der Waals surface area contributed by atoms with Crippen LogP contribution >= 0.6 is 0 Å². The number of carbonyl (C=O) groups excluding carboxylic acids is 1. The Kier molecular flexibility index (Phi) is 3.46. The van der Waals surface area contributed by atoms with Gasteiger partial charge in [0.2, 0.25) is 0 Å². The Morgan fingerprint density at radius 3 is 2.68 bits per heavy atom. The molecule has 0 atom stereocenters. The van der Waals surface area contributed by atoms with Crippen molar-refractivity contribution < 1.29 is 19.1 Å². The van der Waals surface area contributed by atoms with Crippen LogP contribution in [0.25, 0.3) is 0 Å². The monoisotopic (exact) mass is 261 g/mol. The summed E-state index contributed by atoms with van der Waals surface area (Å²) in [6, 6.07) is 3.11. The number of halogens is 1. The largest absolute Gasteiger partial charge is 0.478 e. The molecule has 0 unspecified atom stereocenters. The molecule has 0 aliphatic carbocycles. The molecule has 0 spiro atoms. The Bertz CT molecular complexity index is 631. The Hall–Kier alpha value is -2.83. The average molecular weight is 261 g/mol. The molecule has 0 saturated heterocycles. The van der Waals surface area contributed by atoms with E-state index >= 15 is 0 Å². The van der Waals surface area contributed by atoms with E-state index in [0.717, 1.165) is 18.2 Å². The molecule has 19 heavy (non-hydrogen) atoms. The van der Waals surface area contributed by atoms with Gasteiger partial charge >= 0.3 is 5.97 Å². The molecule has 7 heteroatoms. The lowest BCUT2D eigenvalue weighted by Gasteiger charge is -2.06. The van der Waals surface area contributed by atoms with Gasteiger partial charge in [0.25, 0.3) is 5.91 Å². The summed E-state index contributed by atoms with van der Waals surface area (Å²) in [5, 5.41) is 11.0. The lowest BCUT2D eigenvalue weighted by atomic mass is 10.2. The fourth-order valence-electron chi connectivity index (χ4n) is 1.36. The standard InChI is InChI=1S/C12H8FN3O3/c13-8-2-1-7(12(18)19)5-9(8)16-11(17)10-6-14-3-4-15-10/h1-6H,(H,16,17)(H,18,19). The van der Waals surface area contributed by atoms with Gasteiger partial charge in [0.15, 0.2) is 0 Å². The van der Waals surface area contributed by atoms with Crippen molar-refractivity contribution in [3.05, 3.63) is 53.9 Å². The number of carbonyl (C=O) groups is 2. The van der Waals surface area contributed by atoms with Gasteiger partial charge in [-0.2, -0.15) is 0 Å². The molecule has 2 rings (SSSR count). The van der Waals surface area contributed by atoms with Crippen LogP contribution in [0.15, 0.2) is 36.8 Å². The first-order chi connectivity index (χ1) is 9.08. The number of nitrogens with one attached hydrogen (secondary N) is 1. The number of aromatic nitrogens is 2. The SMILES string of the molecule is O=C(O)c1ccc(F)c(NC(=O)c2cnccn2)c1. The fourth-order valence-corrected chi connectivity index (χ4v) is 1.36. The highest BCUT2D eigenvalue weighted by molar-refractivity contribution is 6.03. The Morgan fingerprint density at radius 1 is 1.26 bits per heavy atom. The number of amides is 1. The third kappa shape index (κ3) is 2.89. The lowest BCUT2D eigenvalue weighted by molar-refractivity contribution is 0.0696. The summed E-state index contributed by atoms with van der Waals surface area (Å²) >= 11 is 0. The van der Waals surface area contributed by atoms with Crippen LogP contribution in [-0.2, 0) is 0 Å². The maximum Gasteiger partial charge on any atom is 0.335 e. The first kappa shape index (κ1) is 12.6. The molecule has 0 saturated carbocycles. The minimum absolute atomic E-state index is 0.00243. The van der Waals surface area contributed by atoms with Crippen molar-refractivity contribution in [1.82, 2.24) is 9.97 Å². The zero-order chi connectivity index (χ0) is 13.8. The fraction of sp³-hybridized carbons (Fsp3) is 0. The van der Waals surface area contributed by atoms with E-state index in [1.165, 1.54) is 18.6 Å². The van der Waals surface area contributed by atoms with E-state index in [4.69, 9.17) is 5.11 Å². The summed E-state index contributed by atoms with van der Waals surface area (Å²) in [6.07, 6.45) is 3.93. The van der Waals surface area contributed by atoms with Crippen molar-refractivity contribution in [2.75, 3.05) is 5.32 Å². The molecule has 0 aliphatic rings. The molecular formula is C12H8FN3O3. The van der Waals surface area contributed by atoms with Gasteiger partial charge in [-0.15, -0.1) is 0 Å². The van der Waals surface area contributed by atoms with Gasteiger partial charge in [0, 0.05) is 12.4 Å². The summed E-state index contributed by atoms with van der Waals surface area (Å²) in [7, 11) is 0. The van der Waals surface area contributed by atoms with Gasteiger partial charge in [-0.25, -0.2) is 14.2 Å². The van der Waals surface area contributed by atoms with E-state index in [0.29, 0.717) is 0 Å². The molecule has 6 nitrogen and oxygen atoms in total. The highest BCUT2D eigenvalue weighted by atomic mass is 19.1. The van der Waals surface area contributed by atoms with Crippen molar-refractivity contribution in [2.45, 2.75) is 0 Å². The highest BCUT2D eigenvalue weighted by Gasteiger charge is 2.13. The zero-order valence-corrected chi connectivity index (χ0v) is 9.50. The molecule has 0 fully saturated rings. The topological polar surface area (TPSA) is 92.2 Å². The zero-order valence-electron chi connectivity index (χ0n) is 9.50. The van der Waals surface area contributed by atoms with Crippen molar-refractivity contribution in [3.8, 4) is 0 Å². The maximum absolute atomic E-state index is 13.5. The molecule has 1 amide bonds. The van der Waals surface area contributed by atoms with E-state index in [1.807, 2.05) is 0 Å². The van der Waals surface area contributed by atoms with Crippen LogP contribution in [0, 0.1) is 5.82 Å². The van der Waals surface area contributed by atoms with Crippen LogP contribution in [0.1, 0.15) is 20.8 Å². The van der Waals surface area contributed by atoms with Crippen molar-refractivity contribution in [3.63, 3.8) is 0 Å². The van der Waals surface area contributed by atoms with E-state index in [-0.39, 0.29) is 16.9 Å². The van der Waals surface area contributed by atoms with Crippen LogP contribution in [0.5, 0.6) is 0 Å². The Balaban J connectivity index is 2.26. The summed E-state index contributed by atoms with van der Waals surface area (Å²) < 4.78 is 13.5. The molecule has 96 valence electrons. The number of hydrogen-bond donors (Lipinski definition) is 2. The van der Waals surface area contributed by atoms with Gasteiger partial charge in [-0.3, -0.25) is 9.78 Å². The molecular weight excluding hydrogens is 253 g/mol. The maximum atomic E-state index is 13.5. The number of nitrogens with zero attached hydrogens (tertiary/aromatic N) is 2. The minimum Gasteiger partial charge on any atom is -0.478 e. The van der Waals surface area contributed by atoms with Gasteiger partial charge in [-0.05, 0) is 18.2 Å². The predicted molar refractivity (Wildman–Crippen MR) is 63.3 cm³/mol. The summed E-state index contributed by atoms with van der Waals surface area (Å²) in [6.45, 7) is 0. The quantitative estimate of drug-likeness (QED) is 0.874. The predicted octanol–water partition coefficient (Wildman–Crippen LogP) is 1.57. The van der Waals surface area contributed by atoms with Gasteiger partial charge in [-0.1, -0.05) is 0 Å². The summed E-state index contributed by atoms with van der Waals surface area (Å²) in [5.41, 5.74) is -0.353. The summed E-state index contributed by atoms with van der Waals surface area (Å²) in [4.78, 5) is 29.9. The van der Waals surface area contributed by atoms with Crippen molar-refractivity contribution in [1.29, 1.82) is 0 Å². The van der Waals surface area contributed by atoms with E-state index in [9.17, 15) is 14.0 Å². The molecule has 2 aromatic rings. The molecule has 1 aromatic heterocycles. The average Bonchev–Trinajstić information content (AvgIpc) is 2.42. The third-order valence-electron chi connectivity index (χ3n) is 2.26.